The maximum atomic E-state index is 12.4. The molecule has 2 aliphatic heterocycles. The number of rotatable bonds is 11. The largest absolute Gasteiger partial charge is 0.494 e. The molecule has 3 heterocycles. The summed E-state index contributed by atoms with van der Waals surface area (Å²) in [6.07, 6.45) is 5.54. The summed E-state index contributed by atoms with van der Waals surface area (Å²) in [4.78, 5) is 11.3. The maximum absolute atomic E-state index is 12.4. The highest BCUT2D eigenvalue weighted by Gasteiger charge is 2.29. The molecule has 0 atom stereocenters. The van der Waals surface area contributed by atoms with Crippen LogP contribution < -0.4 is 35.2 Å². The van der Waals surface area contributed by atoms with Crippen molar-refractivity contribution in [3.05, 3.63) is 53.2 Å². The fourth-order valence-electron chi connectivity index (χ4n) is 5.34. The van der Waals surface area contributed by atoms with Gasteiger partial charge in [-0.1, -0.05) is 23.7 Å². The Balaban J connectivity index is 1.30. The number of para-hydroxylation sites is 1. The Morgan fingerprint density at radius 1 is 1.07 bits per heavy atom. The van der Waals surface area contributed by atoms with Gasteiger partial charge in [0.1, 0.15) is 10.8 Å². The Hall–Kier alpha value is -3.32. The molecule has 0 aliphatic carbocycles. The van der Waals surface area contributed by atoms with Crippen LogP contribution in [0.1, 0.15) is 18.4 Å². The highest BCUT2D eigenvalue weighted by molar-refractivity contribution is 7.92. The van der Waals surface area contributed by atoms with Gasteiger partial charge in [0.15, 0.2) is 5.82 Å². The van der Waals surface area contributed by atoms with Crippen LogP contribution in [-0.4, -0.2) is 77.6 Å². The van der Waals surface area contributed by atoms with Crippen molar-refractivity contribution in [1.29, 1.82) is 0 Å². The van der Waals surface area contributed by atoms with Crippen LogP contribution in [0.2, 0.25) is 5.02 Å². The van der Waals surface area contributed by atoms with Crippen LogP contribution in [0, 0.1) is 0 Å². The van der Waals surface area contributed by atoms with Gasteiger partial charge in [-0.15, -0.1) is 0 Å². The normalized spacial score (nSPS) is 15.6. The molecular weight excluding hydrogens is 564 g/mol. The number of aromatic nitrogens is 2. The molecule has 2 aliphatic rings. The van der Waals surface area contributed by atoms with Gasteiger partial charge >= 0.3 is 0 Å². The second kappa shape index (κ2) is 12.7. The highest BCUT2D eigenvalue weighted by atomic mass is 35.5. The minimum absolute atomic E-state index is 0.309. The average molecular weight is 601 g/mol. The number of nitrogens with one attached hydrogen (secondary N) is 4. The number of piperidine rings is 1. The number of hydrogen-bond donors (Lipinski definition) is 4. The van der Waals surface area contributed by atoms with Crippen molar-refractivity contribution >= 4 is 56.1 Å². The molecule has 11 nitrogen and oxygen atoms in total. The Labute approximate surface area is 246 Å². The number of benzene rings is 2. The van der Waals surface area contributed by atoms with E-state index >= 15 is 0 Å². The minimum Gasteiger partial charge on any atom is -0.494 e. The predicted octanol–water partition coefficient (Wildman–Crippen LogP) is 3.73. The number of hydrogen-bond acceptors (Lipinski definition) is 10. The number of sulfonamides is 1. The molecule has 41 heavy (non-hydrogen) atoms. The monoisotopic (exact) mass is 600 g/mol. The van der Waals surface area contributed by atoms with Gasteiger partial charge in [-0.3, -0.25) is 4.31 Å². The van der Waals surface area contributed by atoms with Crippen LogP contribution in [0.25, 0.3) is 0 Å². The smallest absolute Gasteiger partial charge is 0.232 e. The molecule has 3 aromatic rings. The van der Waals surface area contributed by atoms with E-state index in [0.29, 0.717) is 52.9 Å². The molecule has 1 fully saturated rings. The second-order valence-electron chi connectivity index (χ2n) is 10.2. The number of methoxy groups -OCH3 is 1. The van der Waals surface area contributed by atoms with Gasteiger partial charge in [-0.2, -0.15) is 4.98 Å². The van der Waals surface area contributed by atoms with E-state index in [-0.39, 0.29) is 0 Å². The molecule has 0 bridgehead atoms. The fourth-order valence-corrected chi connectivity index (χ4v) is 6.45. The van der Waals surface area contributed by atoms with Crippen LogP contribution in [0.5, 0.6) is 5.75 Å². The van der Waals surface area contributed by atoms with E-state index in [1.54, 1.807) is 7.11 Å². The molecule has 0 unspecified atom stereocenters. The topological polar surface area (TPSA) is 124 Å². The van der Waals surface area contributed by atoms with E-state index < -0.39 is 10.0 Å². The lowest BCUT2D eigenvalue weighted by Gasteiger charge is -2.34. The molecule has 0 radical (unpaired) electrons. The molecule has 0 saturated carbocycles. The maximum Gasteiger partial charge on any atom is 0.232 e. The van der Waals surface area contributed by atoms with E-state index in [0.717, 1.165) is 56.0 Å². The van der Waals surface area contributed by atoms with Crippen molar-refractivity contribution in [3.63, 3.8) is 0 Å². The lowest BCUT2D eigenvalue weighted by Crippen LogP contribution is -2.44. The molecule has 5 rings (SSSR count). The van der Waals surface area contributed by atoms with Crippen molar-refractivity contribution in [2.24, 2.45) is 0 Å². The van der Waals surface area contributed by atoms with Gasteiger partial charge < -0.3 is 30.9 Å². The van der Waals surface area contributed by atoms with Crippen LogP contribution >= 0.6 is 11.6 Å². The van der Waals surface area contributed by atoms with Crippen LogP contribution in [0.3, 0.4) is 0 Å². The van der Waals surface area contributed by atoms with E-state index in [9.17, 15) is 8.42 Å². The molecule has 1 saturated heterocycles. The van der Waals surface area contributed by atoms with Crippen molar-refractivity contribution in [2.75, 3.05) is 73.0 Å². The standard InChI is InChI=1S/C28H37ClN8O3S/c1-30-12-13-31-20-10-14-36(15-11-20)21-7-8-23(25(17-21)40-2)34-28-32-18-22(29)27(35-28)33-24-6-4-5-19-9-16-37(26(19)24)41(3,38)39/h4-8,17-18,20,30-31H,9-16H2,1-3H3,(H2,32,33,34,35). The Morgan fingerprint density at radius 3 is 2.61 bits per heavy atom. The summed E-state index contributed by atoms with van der Waals surface area (Å²) in [7, 11) is 0.185. The number of fused-ring (bicyclic) bond motifs is 1. The fraction of sp³-hybridized carbons (Fsp3) is 0.429. The Bertz CT molecular complexity index is 1480. The van der Waals surface area contributed by atoms with Gasteiger partial charge in [-0.25, -0.2) is 13.4 Å². The molecular formula is C28H37ClN8O3S. The molecule has 13 heteroatoms. The van der Waals surface area contributed by atoms with E-state index in [1.807, 2.05) is 37.4 Å². The van der Waals surface area contributed by atoms with Gasteiger partial charge in [0.05, 0.1) is 36.6 Å². The van der Waals surface area contributed by atoms with Crippen LogP contribution in [0.15, 0.2) is 42.6 Å². The lowest BCUT2D eigenvalue weighted by atomic mass is 10.0. The number of anilines is 6. The zero-order valence-electron chi connectivity index (χ0n) is 23.6. The molecule has 4 N–H and O–H groups in total. The third kappa shape index (κ3) is 6.78. The molecule has 0 amide bonds. The average Bonchev–Trinajstić information content (AvgIpc) is 3.42. The summed E-state index contributed by atoms with van der Waals surface area (Å²) in [5, 5.41) is 13.6. The SMILES string of the molecule is CNCCNC1CCN(c2ccc(Nc3ncc(Cl)c(Nc4cccc5c4N(S(C)(=O)=O)CC5)n3)c(OC)c2)CC1. The van der Waals surface area contributed by atoms with Crippen LogP contribution in [0.4, 0.5) is 34.5 Å². The predicted molar refractivity (Wildman–Crippen MR) is 166 cm³/mol. The van der Waals surface area contributed by atoms with Gasteiger partial charge in [0.25, 0.3) is 0 Å². The van der Waals surface area contributed by atoms with Crippen LogP contribution in [-0.2, 0) is 16.4 Å². The van der Waals surface area contributed by atoms with E-state index in [1.165, 1.54) is 16.8 Å². The summed E-state index contributed by atoms with van der Waals surface area (Å²) >= 11 is 6.45. The number of likely N-dealkylation sites (N-methyl/N-ethyl adjacent to an activating group) is 1. The van der Waals surface area contributed by atoms with E-state index in [2.05, 4.69) is 42.2 Å². The first-order chi connectivity index (χ1) is 19.8. The van der Waals surface area contributed by atoms with Gasteiger partial charge in [0, 0.05) is 50.5 Å². The third-order valence-electron chi connectivity index (χ3n) is 7.45. The second-order valence-corrected chi connectivity index (χ2v) is 12.6. The third-order valence-corrected chi connectivity index (χ3v) is 8.89. The first-order valence-corrected chi connectivity index (χ1v) is 16.0. The number of halogens is 1. The zero-order valence-corrected chi connectivity index (χ0v) is 25.1. The molecule has 220 valence electrons. The van der Waals surface area contributed by atoms with Crippen molar-refractivity contribution in [3.8, 4) is 5.75 Å². The summed E-state index contributed by atoms with van der Waals surface area (Å²) in [6, 6.07) is 12.2. The lowest BCUT2D eigenvalue weighted by molar-refractivity contribution is 0.410. The zero-order chi connectivity index (χ0) is 29.0. The molecule has 0 spiro atoms. The Kier molecular flexibility index (Phi) is 9.03. The summed E-state index contributed by atoms with van der Waals surface area (Å²) in [6.45, 7) is 4.30. The number of ether oxygens (including phenoxy) is 1. The highest BCUT2D eigenvalue weighted by Crippen LogP contribution is 2.39. The van der Waals surface area contributed by atoms with Gasteiger partial charge in [-0.05, 0) is 50.1 Å². The van der Waals surface area contributed by atoms with Crippen molar-refractivity contribution in [2.45, 2.75) is 25.3 Å². The Morgan fingerprint density at radius 2 is 1.88 bits per heavy atom. The minimum atomic E-state index is -3.42. The number of nitrogens with zero attached hydrogens (tertiary/aromatic N) is 4. The summed E-state index contributed by atoms with van der Waals surface area (Å²) < 4.78 is 31.9. The first-order valence-electron chi connectivity index (χ1n) is 13.7. The van der Waals surface area contributed by atoms with Gasteiger partial charge in [0.2, 0.25) is 16.0 Å². The summed E-state index contributed by atoms with van der Waals surface area (Å²) in [5.41, 5.74) is 4.00. The quantitative estimate of drug-likeness (QED) is 0.242. The van der Waals surface area contributed by atoms with Crippen molar-refractivity contribution < 1.29 is 13.2 Å². The first kappa shape index (κ1) is 29.2. The van der Waals surface area contributed by atoms with E-state index in [4.69, 9.17) is 16.3 Å². The van der Waals surface area contributed by atoms with Crippen molar-refractivity contribution in [1.82, 2.24) is 20.6 Å². The summed E-state index contributed by atoms with van der Waals surface area (Å²) in [5.74, 6) is 1.36. The molecule has 1 aromatic heterocycles. The molecule has 2 aromatic carbocycles.